The summed E-state index contributed by atoms with van der Waals surface area (Å²) in [6, 6.07) is 19.6. The van der Waals surface area contributed by atoms with Gasteiger partial charge in [-0.3, -0.25) is 4.98 Å². The minimum atomic E-state index is -2.55. The minimum Gasteiger partial charge on any atom is -0.496 e. The number of methoxy groups -OCH3 is 1. The highest BCUT2D eigenvalue weighted by Crippen LogP contribution is 2.34. The van der Waals surface area contributed by atoms with Crippen molar-refractivity contribution in [2.24, 2.45) is 0 Å². The molecule has 0 saturated carbocycles. The van der Waals surface area contributed by atoms with Crippen LogP contribution >= 0.6 is 0 Å². The van der Waals surface area contributed by atoms with Crippen LogP contribution in [-0.2, 0) is 6.42 Å². The number of fused-ring (bicyclic) bond motifs is 2. The first-order chi connectivity index (χ1) is 12.7. The average Bonchev–Trinajstić information content (AvgIpc) is 2.66. The molecule has 1 heterocycles. The normalized spacial score (nSPS) is 11.4. The largest absolute Gasteiger partial charge is 0.496 e. The summed E-state index contributed by atoms with van der Waals surface area (Å²) in [6.07, 6.45) is -0.471. The molecule has 0 saturated heterocycles. The lowest BCUT2D eigenvalue weighted by atomic mass is 9.97. The number of aromatic nitrogens is 1. The molecule has 0 bridgehead atoms. The number of halogens is 2. The minimum absolute atomic E-state index is 0.203. The van der Waals surface area contributed by atoms with Crippen molar-refractivity contribution in [2.75, 3.05) is 7.11 Å². The van der Waals surface area contributed by atoms with E-state index in [-0.39, 0.29) is 5.69 Å². The van der Waals surface area contributed by atoms with Crippen LogP contribution in [-0.4, -0.2) is 12.1 Å². The molecule has 0 aliphatic carbocycles. The summed E-state index contributed by atoms with van der Waals surface area (Å²) >= 11 is 0. The van der Waals surface area contributed by atoms with E-state index in [1.807, 2.05) is 18.2 Å². The van der Waals surface area contributed by atoms with E-state index in [1.54, 1.807) is 13.2 Å². The van der Waals surface area contributed by atoms with E-state index in [0.717, 1.165) is 33.0 Å². The molecule has 3 aromatic carbocycles. The Bertz CT molecular complexity index is 1070. The summed E-state index contributed by atoms with van der Waals surface area (Å²) in [6.45, 7) is 0. The van der Waals surface area contributed by atoms with Crippen molar-refractivity contribution < 1.29 is 13.5 Å². The standard InChI is InChI=1S/C22H17F2NO/c1-26-21-18(10-14-6-9-20(22(23)24)25-13-14)8-7-17-11-15-4-2-3-5-16(15)12-19(17)21/h2-9,11-13,22H,10H2,1H3. The first kappa shape index (κ1) is 16.5. The van der Waals surface area contributed by atoms with Crippen LogP contribution in [0.5, 0.6) is 5.75 Å². The molecule has 4 rings (SSSR count). The van der Waals surface area contributed by atoms with Crippen molar-refractivity contribution in [1.29, 1.82) is 0 Å². The summed E-state index contributed by atoms with van der Waals surface area (Å²) in [5.41, 5.74) is 1.67. The highest BCUT2D eigenvalue weighted by molar-refractivity contribution is 6.01. The number of pyridine rings is 1. The highest BCUT2D eigenvalue weighted by atomic mass is 19.3. The van der Waals surface area contributed by atoms with Gasteiger partial charge in [0.05, 0.1) is 7.11 Å². The molecule has 1 aromatic heterocycles. The Balaban J connectivity index is 1.78. The Morgan fingerprint density at radius 3 is 2.35 bits per heavy atom. The molecule has 0 N–H and O–H groups in total. The maximum Gasteiger partial charge on any atom is 0.280 e. The molecule has 26 heavy (non-hydrogen) atoms. The van der Waals surface area contributed by atoms with Crippen molar-refractivity contribution in [1.82, 2.24) is 4.98 Å². The predicted molar refractivity (Wildman–Crippen MR) is 100 cm³/mol. The first-order valence-corrected chi connectivity index (χ1v) is 8.37. The van der Waals surface area contributed by atoms with Crippen LogP contribution in [0.2, 0.25) is 0 Å². The van der Waals surface area contributed by atoms with Crippen molar-refractivity contribution in [3.05, 3.63) is 83.7 Å². The smallest absolute Gasteiger partial charge is 0.280 e. The molecule has 0 atom stereocenters. The fraction of sp³-hybridized carbons (Fsp3) is 0.136. The Morgan fingerprint density at radius 2 is 1.69 bits per heavy atom. The van der Waals surface area contributed by atoms with Crippen LogP contribution < -0.4 is 4.74 Å². The van der Waals surface area contributed by atoms with Gasteiger partial charge in [0.25, 0.3) is 6.43 Å². The molecule has 0 spiro atoms. The van der Waals surface area contributed by atoms with Crippen molar-refractivity contribution in [2.45, 2.75) is 12.8 Å². The maximum absolute atomic E-state index is 12.7. The lowest BCUT2D eigenvalue weighted by Gasteiger charge is -2.13. The summed E-state index contributed by atoms with van der Waals surface area (Å²) in [7, 11) is 1.66. The number of nitrogens with zero attached hydrogens (tertiary/aromatic N) is 1. The molecule has 0 unspecified atom stereocenters. The van der Waals surface area contributed by atoms with Gasteiger partial charge in [-0.25, -0.2) is 8.78 Å². The summed E-state index contributed by atoms with van der Waals surface area (Å²) < 4.78 is 31.0. The first-order valence-electron chi connectivity index (χ1n) is 8.37. The lowest BCUT2D eigenvalue weighted by Crippen LogP contribution is -1.97. The lowest BCUT2D eigenvalue weighted by molar-refractivity contribution is 0.146. The molecule has 0 amide bonds. The Morgan fingerprint density at radius 1 is 0.923 bits per heavy atom. The summed E-state index contributed by atoms with van der Waals surface area (Å²) in [5.74, 6) is 0.811. The fourth-order valence-corrected chi connectivity index (χ4v) is 3.30. The number of alkyl halides is 2. The van der Waals surface area contributed by atoms with Gasteiger partial charge in [-0.05, 0) is 45.5 Å². The van der Waals surface area contributed by atoms with Crippen LogP contribution in [0.1, 0.15) is 23.2 Å². The maximum atomic E-state index is 12.7. The zero-order chi connectivity index (χ0) is 18.1. The van der Waals surface area contributed by atoms with Gasteiger partial charge in [-0.1, -0.05) is 42.5 Å². The molecule has 0 aliphatic heterocycles. The van der Waals surface area contributed by atoms with Crippen LogP contribution in [0.3, 0.4) is 0 Å². The molecule has 0 fully saturated rings. The van der Waals surface area contributed by atoms with Gasteiger partial charge < -0.3 is 4.74 Å². The van der Waals surface area contributed by atoms with E-state index in [2.05, 4.69) is 35.3 Å². The highest BCUT2D eigenvalue weighted by Gasteiger charge is 2.12. The molecular weight excluding hydrogens is 332 g/mol. The van der Waals surface area contributed by atoms with E-state index < -0.39 is 6.43 Å². The second-order valence-electron chi connectivity index (χ2n) is 6.25. The fourth-order valence-electron chi connectivity index (χ4n) is 3.30. The van der Waals surface area contributed by atoms with Crippen LogP contribution in [0.4, 0.5) is 8.78 Å². The van der Waals surface area contributed by atoms with Crippen molar-refractivity contribution in [3.63, 3.8) is 0 Å². The Labute approximate surface area is 150 Å². The van der Waals surface area contributed by atoms with Crippen molar-refractivity contribution in [3.8, 4) is 5.75 Å². The van der Waals surface area contributed by atoms with Crippen LogP contribution in [0.25, 0.3) is 21.5 Å². The van der Waals surface area contributed by atoms with Gasteiger partial charge >= 0.3 is 0 Å². The molecule has 0 radical (unpaired) electrons. The Kier molecular flexibility index (Phi) is 4.25. The molecule has 130 valence electrons. The van der Waals surface area contributed by atoms with Gasteiger partial charge in [-0.15, -0.1) is 0 Å². The number of benzene rings is 3. The molecular formula is C22H17F2NO. The van der Waals surface area contributed by atoms with Crippen LogP contribution in [0.15, 0.2) is 66.9 Å². The van der Waals surface area contributed by atoms with E-state index in [9.17, 15) is 8.78 Å². The third-order valence-corrected chi connectivity index (χ3v) is 4.59. The Hall–Kier alpha value is -3.01. The topological polar surface area (TPSA) is 22.1 Å². The number of ether oxygens (including phenoxy) is 1. The van der Waals surface area contributed by atoms with E-state index in [1.165, 1.54) is 17.6 Å². The van der Waals surface area contributed by atoms with E-state index in [0.29, 0.717) is 6.42 Å². The van der Waals surface area contributed by atoms with Gasteiger partial charge in [-0.2, -0.15) is 0 Å². The number of hydrogen-bond donors (Lipinski definition) is 0. The summed E-state index contributed by atoms with van der Waals surface area (Å²) in [4.78, 5) is 3.84. The van der Waals surface area contributed by atoms with E-state index in [4.69, 9.17) is 4.74 Å². The third-order valence-electron chi connectivity index (χ3n) is 4.59. The molecule has 0 aliphatic rings. The van der Waals surface area contributed by atoms with Gasteiger partial charge in [0.15, 0.2) is 0 Å². The third kappa shape index (κ3) is 2.99. The second kappa shape index (κ2) is 6.71. The van der Waals surface area contributed by atoms with E-state index >= 15 is 0 Å². The number of rotatable bonds is 4. The zero-order valence-corrected chi connectivity index (χ0v) is 14.2. The quantitative estimate of drug-likeness (QED) is 0.426. The average molecular weight is 349 g/mol. The molecule has 2 nitrogen and oxygen atoms in total. The zero-order valence-electron chi connectivity index (χ0n) is 14.2. The predicted octanol–water partition coefficient (Wildman–Crippen LogP) is 5.93. The summed E-state index contributed by atoms with van der Waals surface area (Å²) in [5, 5.41) is 4.48. The monoisotopic (exact) mass is 349 g/mol. The van der Waals surface area contributed by atoms with Crippen LogP contribution in [0, 0.1) is 0 Å². The van der Waals surface area contributed by atoms with Gasteiger partial charge in [0.2, 0.25) is 0 Å². The molecule has 4 heteroatoms. The molecule has 4 aromatic rings. The van der Waals surface area contributed by atoms with Gasteiger partial charge in [0.1, 0.15) is 11.4 Å². The van der Waals surface area contributed by atoms with Gasteiger partial charge in [0, 0.05) is 18.0 Å². The SMILES string of the molecule is COc1c(Cc2ccc(C(F)F)nc2)ccc2cc3ccccc3cc12. The van der Waals surface area contributed by atoms with Crippen molar-refractivity contribution >= 4 is 21.5 Å². The second-order valence-corrected chi connectivity index (χ2v) is 6.25. The number of hydrogen-bond acceptors (Lipinski definition) is 2.